The molecule has 0 unspecified atom stereocenters. The van der Waals surface area contributed by atoms with E-state index in [1.165, 1.54) is 38.7 Å². The minimum Gasteiger partial charge on any atom is -0.497 e. The Kier molecular flexibility index (Phi) is 6.51. The van der Waals surface area contributed by atoms with Crippen LogP contribution in [0.2, 0.25) is 0 Å². The molecule has 1 aliphatic rings. The zero-order valence-corrected chi connectivity index (χ0v) is 17.0. The number of nitriles is 1. The zero-order valence-electron chi connectivity index (χ0n) is 16.2. The second-order valence-electron chi connectivity index (χ2n) is 6.55. The van der Waals surface area contributed by atoms with E-state index in [0.29, 0.717) is 31.4 Å². The highest BCUT2D eigenvalue weighted by atomic mass is 32.2. The normalized spacial score (nSPS) is 19.2. The molecule has 2 aromatic rings. The summed E-state index contributed by atoms with van der Waals surface area (Å²) in [5.41, 5.74) is 0.141. The predicted molar refractivity (Wildman–Crippen MR) is 103 cm³/mol. The third-order valence-corrected chi connectivity index (χ3v) is 6.27. The molecule has 1 saturated carbocycles. The summed E-state index contributed by atoms with van der Waals surface area (Å²) in [7, 11) is -0.834. The van der Waals surface area contributed by atoms with E-state index in [4.69, 9.17) is 19.5 Å². The van der Waals surface area contributed by atoms with E-state index < -0.39 is 10.0 Å². The van der Waals surface area contributed by atoms with Crippen molar-refractivity contribution >= 4 is 10.0 Å². The molecule has 0 radical (unpaired) electrons. The van der Waals surface area contributed by atoms with Crippen LogP contribution in [0.1, 0.15) is 31.4 Å². The number of aromatic nitrogens is 2. The number of benzene rings is 1. The van der Waals surface area contributed by atoms with Crippen molar-refractivity contribution < 1.29 is 22.6 Å². The second kappa shape index (κ2) is 9.07. The molecule has 10 heteroatoms. The molecule has 154 valence electrons. The van der Waals surface area contributed by atoms with Gasteiger partial charge in [0.05, 0.1) is 14.2 Å². The summed E-state index contributed by atoms with van der Waals surface area (Å²) in [6, 6.07) is 6.31. The highest BCUT2D eigenvalue weighted by Gasteiger charge is 2.29. The van der Waals surface area contributed by atoms with E-state index in [0.717, 1.165) is 0 Å². The van der Waals surface area contributed by atoms with Crippen LogP contribution in [0.5, 0.6) is 17.4 Å². The number of hydrogen-bond donors (Lipinski definition) is 1. The van der Waals surface area contributed by atoms with Crippen LogP contribution in [0.15, 0.2) is 35.5 Å². The van der Waals surface area contributed by atoms with Crippen LogP contribution in [-0.4, -0.2) is 44.8 Å². The number of methoxy groups -OCH3 is 2. The van der Waals surface area contributed by atoms with Crippen molar-refractivity contribution in [2.24, 2.45) is 0 Å². The molecule has 0 atom stereocenters. The fourth-order valence-corrected chi connectivity index (χ4v) is 4.68. The summed E-state index contributed by atoms with van der Waals surface area (Å²) >= 11 is 0. The topological polar surface area (TPSA) is 123 Å². The standard InChI is InChI=1S/C19H22N4O5S/c1-26-15-7-8-18(17(11-15)27-2)29(24,25)23-13-3-5-14(6-4-13)28-19-16(12-20)21-9-10-22-19/h7-11,13-14,23H,3-6H2,1-2H3. The van der Waals surface area contributed by atoms with Crippen molar-refractivity contribution in [3.63, 3.8) is 0 Å². The van der Waals surface area contributed by atoms with Crippen LogP contribution in [0.3, 0.4) is 0 Å². The van der Waals surface area contributed by atoms with Crippen molar-refractivity contribution in [1.82, 2.24) is 14.7 Å². The Morgan fingerprint density at radius 1 is 1.10 bits per heavy atom. The van der Waals surface area contributed by atoms with Gasteiger partial charge in [0.2, 0.25) is 15.7 Å². The van der Waals surface area contributed by atoms with E-state index in [2.05, 4.69) is 14.7 Å². The van der Waals surface area contributed by atoms with Gasteiger partial charge >= 0.3 is 0 Å². The summed E-state index contributed by atoms with van der Waals surface area (Å²) in [5, 5.41) is 9.07. The number of nitrogens with zero attached hydrogens (tertiary/aromatic N) is 3. The van der Waals surface area contributed by atoms with Crippen LogP contribution >= 0.6 is 0 Å². The Morgan fingerprint density at radius 3 is 2.48 bits per heavy atom. The number of rotatable bonds is 7. The fourth-order valence-electron chi connectivity index (χ4n) is 3.22. The Morgan fingerprint density at radius 2 is 1.83 bits per heavy atom. The average molecular weight is 418 g/mol. The van der Waals surface area contributed by atoms with Crippen molar-refractivity contribution in [3.8, 4) is 23.4 Å². The summed E-state index contributed by atoms with van der Waals surface area (Å²) in [5.74, 6) is 0.946. The van der Waals surface area contributed by atoms with Crippen LogP contribution in [0.25, 0.3) is 0 Å². The van der Waals surface area contributed by atoms with E-state index >= 15 is 0 Å². The van der Waals surface area contributed by atoms with Crippen LogP contribution < -0.4 is 18.9 Å². The van der Waals surface area contributed by atoms with Crippen molar-refractivity contribution in [2.75, 3.05) is 14.2 Å². The van der Waals surface area contributed by atoms with Crippen LogP contribution in [-0.2, 0) is 10.0 Å². The monoisotopic (exact) mass is 418 g/mol. The molecule has 0 amide bonds. The first-order chi connectivity index (χ1) is 14.0. The first-order valence-electron chi connectivity index (χ1n) is 9.09. The summed E-state index contributed by atoms with van der Waals surface area (Å²) in [6.45, 7) is 0. The smallest absolute Gasteiger partial charge is 0.251 e. The molecule has 3 rings (SSSR count). The van der Waals surface area contributed by atoms with Crippen molar-refractivity contribution in [1.29, 1.82) is 5.26 Å². The number of nitrogens with one attached hydrogen (secondary N) is 1. The minimum absolute atomic E-state index is 0.0670. The van der Waals surface area contributed by atoms with Gasteiger partial charge in [0.1, 0.15) is 28.6 Å². The maximum atomic E-state index is 12.8. The fraction of sp³-hybridized carbons (Fsp3) is 0.421. The van der Waals surface area contributed by atoms with Gasteiger partial charge in [0.15, 0.2) is 0 Å². The summed E-state index contributed by atoms with van der Waals surface area (Å²) in [4.78, 5) is 8.05. The lowest BCUT2D eigenvalue weighted by Gasteiger charge is -2.29. The highest BCUT2D eigenvalue weighted by Crippen LogP contribution is 2.30. The van der Waals surface area contributed by atoms with Gasteiger partial charge in [-0.2, -0.15) is 5.26 Å². The Balaban J connectivity index is 1.62. The molecule has 1 aliphatic carbocycles. The van der Waals surface area contributed by atoms with E-state index in [1.807, 2.05) is 6.07 Å². The third kappa shape index (κ3) is 4.93. The molecule has 29 heavy (non-hydrogen) atoms. The van der Waals surface area contributed by atoms with Gasteiger partial charge in [-0.25, -0.2) is 23.1 Å². The molecule has 0 saturated heterocycles. The van der Waals surface area contributed by atoms with Gasteiger partial charge in [-0.1, -0.05) is 0 Å². The molecule has 1 heterocycles. The Labute approximate surface area is 169 Å². The summed E-state index contributed by atoms with van der Waals surface area (Å²) in [6.07, 6.45) is 5.23. The molecule has 1 aromatic carbocycles. The quantitative estimate of drug-likeness (QED) is 0.724. The molecule has 1 fully saturated rings. The highest BCUT2D eigenvalue weighted by molar-refractivity contribution is 7.89. The second-order valence-corrected chi connectivity index (χ2v) is 8.23. The zero-order chi connectivity index (χ0) is 20.9. The summed E-state index contributed by atoms with van der Waals surface area (Å²) < 4.78 is 44.5. The lowest BCUT2D eigenvalue weighted by Crippen LogP contribution is -2.39. The van der Waals surface area contributed by atoms with Crippen LogP contribution in [0.4, 0.5) is 0 Å². The lowest BCUT2D eigenvalue weighted by molar-refractivity contribution is 0.137. The van der Waals surface area contributed by atoms with Gasteiger partial charge in [0, 0.05) is 24.5 Å². The molecule has 0 spiro atoms. The lowest BCUT2D eigenvalue weighted by atomic mass is 9.94. The first kappa shape index (κ1) is 20.8. The maximum absolute atomic E-state index is 12.8. The molecular weight excluding hydrogens is 396 g/mol. The Bertz CT molecular complexity index is 998. The molecule has 0 bridgehead atoms. The molecule has 1 aromatic heterocycles. The largest absolute Gasteiger partial charge is 0.497 e. The van der Waals surface area contributed by atoms with E-state index in [-0.39, 0.29) is 34.4 Å². The van der Waals surface area contributed by atoms with E-state index in [9.17, 15) is 8.42 Å². The molecule has 9 nitrogen and oxygen atoms in total. The van der Waals surface area contributed by atoms with Crippen LogP contribution in [0, 0.1) is 11.3 Å². The van der Waals surface area contributed by atoms with E-state index in [1.54, 1.807) is 6.07 Å². The number of sulfonamides is 1. The SMILES string of the molecule is COc1ccc(S(=O)(=O)NC2CCC(Oc3nccnc3C#N)CC2)c(OC)c1. The minimum atomic E-state index is -3.75. The van der Waals surface area contributed by atoms with Gasteiger partial charge < -0.3 is 14.2 Å². The van der Waals surface area contributed by atoms with Gasteiger partial charge in [-0.3, -0.25) is 0 Å². The van der Waals surface area contributed by atoms with Gasteiger partial charge in [-0.15, -0.1) is 0 Å². The predicted octanol–water partition coefficient (Wildman–Crippen LogP) is 2.03. The maximum Gasteiger partial charge on any atom is 0.251 e. The third-order valence-electron chi connectivity index (χ3n) is 4.71. The number of hydrogen-bond acceptors (Lipinski definition) is 8. The Hall–Kier alpha value is -2.90. The first-order valence-corrected chi connectivity index (χ1v) is 10.6. The average Bonchev–Trinajstić information content (AvgIpc) is 2.74. The van der Waals surface area contributed by atoms with Gasteiger partial charge in [0.25, 0.3) is 5.88 Å². The number of ether oxygens (including phenoxy) is 3. The van der Waals surface area contributed by atoms with Gasteiger partial charge in [-0.05, 0) is 37.8 Å². The van der Waals surface area contributed by atoms with Crippen molar-refractivity contribution in [3.05, 3.63) is 36.3 Å². The molecular formula is C19H22N4O5S. The molecule has 0 aliphatic heterocycles. The van der Waals surface area contributed by atoms with Crippen molar-refractivity contribution in [2.45, 2.75) is 42.7 Å². The molecule has 1 N–H and O–H groups in total.